The minimum Gasteiger partial charge on any atom is -0.366 e. The van der Waals surface area contributed by atoms with Gasteiger partial charge in [0.1, 0.15) is 0 Å². The zero-order chi connectivity index (χ0) is 17.8. The van der Waals surface area contributed by atoms with Crippen LogP contribution in [0.4, 0.5) is 5.69 Å². The summed E-state index contributed by atoms with van der Waals surface area (Å²) in [6.45, 7) is 0.362. The number of rotatable bonds is 5. The van der Waals surface area contributed by atoms with E-state index < -0.39 is 17.7 Å². The molecule has 0 spiro atoms. The number of anilines is 1. The van der Waals surface area contributed by atoms with E-state index in [1.54, 1.807) is 35.5 Å². The number of nitrogens with zero attached hydrogens (tertiary/aromatic N) is 2. The van der Waals surface area contributed by atoms with Crippen molar-refractivity contribution in [2.75, 3.05) is 5.32 Å². The van der Waals surface area contributed by atoms with Gasteiger partial charge >= 0.3 is 11.8 Å². The van der Waals surface area contributed by atoms with Crippen LogP contribution in [0.1, 0.15) is 28.8 Å². The Morgan fingerprint density at radius 3 is 2.52 bits per heavy atom. The highest BCUT2D eigenvalue weighted by molar-refractivity contribution is 6.39. The molecule has 0 bridgehead atoms. The van der Waals surface area contributed by atoms with Crippen LogP contribution in [-0.4, -0.2) is 33.6 Å². The van der Waals surface area contributed by atoms with E-state index in [0.717, 1.165) is 18.4 Å². The van der Waals surface area contributed by atoms with Crippen molar-refractivity contribution in [3.05, 3.63) is 59.9 Å². The number of hydrogen-bond donors (Lipinski definition) is 2. The third-order valence-electron chi connectivity index (χ3n) is 3.95. The molecule has 1 heterocycles. The van der Waals surface area contributed by atoms with E-state index in [-0.39, 0.29) is 11.6 Å². The topological polar surface area (TPSA) is 105 Å². The van der Waals surface area contributed by atoms with Crippen LogP contribution in [0.2, 0.25) is 0 Å². The minimum atomic E-state index is -0.734. The fraction of sp³-hybridized carbons (Fsp3) is 0.222. The average Bonchev–Trinajstić information content (AvgIpc) is 3.45. The van der Waals surface area contributed by atoms with E-state index >= 15 is 0 Å². The first-order chi connectivity index (χ1) is 12.0. The van der Waals surface area contributed by atoms with Crippen LogP contribution in [0.25, 0.3) is 0 Å². The number of nitrogens with two attached hydrogens (primary N) is 1. The van der Waals surface area contributed by atoms with E-state index in [4.69, 9.17) is 5.73 Å². The summed E-state index contributed by atoms with van der Waals surface area (Å²) < 4.78 is 0. The minimum absolute atomic E-state index is 0.0865. The van der Waals surface area contributed by atoms with Crippen molar-refractivity contribution in [2.45, 2.75) is 25.4 Å². The van der Waals surface area contributed by atoms with Gasteiger partial charge in [0, 0.05) is 36.2 Å². The van der Waals surface area contributed by atoms with Gasteiger partial charge in [0.05, 0.1) is 0 Å². The molecule has 7 heteroatoms. The van der Waals surface area contributed by atoms with Crippen LogP contribution in [0, 0.1) is 0 Å². The summed E-state index contributed by atoms with van der Waals surface area (Å²) in [5, 5.41) is 2.54. The van der Waals surface area contributed by atoms with Gasteiger partial charge in [-0.2, -0.15) is 0 Å². The molecule has 1 aliphatic carbocycles. The number of carbonyl (C=O) groups excluding carboxylic acids is 3. The standard InChI is InChI=1S/C18H18N4O3/c19-16(23)13-2-1-3-14(10-13)21-17(24)18(25)22(15-4-5-15)11-12-6-8-20-9-7-12/h1-3,6-10,15H,4-5,11H2,(H2,19,23)(H,21,24). The Bertz CT molecular complexity index is 803. The molecule has 7 nitrogen and oxygen atoms in total. The van der Waals surface area contributed by atoms with Crippen molar-refractivity contribution in [1.29, 1.82) is 0 Å². The highest BCUT2D eigenvalue weighted by Gasteiger charge is 2.35. The third-order valence-corrected chi connectivity index (χ3v) is 3.95. The van der Waals surface area contributed by atoms with Crippen LogP contribution < -0.4 is 11.1 Å². The Labute approximate surface area is 144 Å². The van der Waals surface area contributed by atoms with Crippen LogP contribution in [0.5, 0.6) is 0 Å². The number of hydrogen-bond acceptors (Lipinski definition) is 4. The molecule has 128 valence electrons. The number of primary amides is 1. The molecule has 1 aliphatic rings. The number of nitrogens with one attached hydrogen (secondary N) is 1. The van der Waals surface area contributed by atoms with Gasteiger partial charge in [-0.15, -0.1) is 0 Å². The molecular formula is C18H18N4O3. The Balaban J connectivity index is 1.70. The molecule has 0 saturated heterocycles. The van der Waals surface area contributed by atoms with Gasteiger partial charge < -0.3 is 16.0 Å². The number of pyridine rings is 1. The zero-order valence-corrected chi connectivity index (χ0v) is 13.5. The lowest BCUT2D eigenvalue weighted by atomic mass is 10.2. The third kappa shape index (κ3) is 4.20. The van der Waals surface area contributed by atoms with Crippen LogP contribution in [0.3, 0.4) is 0 Å². The predicted molar refractivity (Wildman–Crippen MR) is 91.4 cm³/mol. The monoisotopic (exact) mass is 338 g/mol. The number of aromatic nitrogens is 1. The van der Waals surface area contributed by atoms with Gasteiger partial charge in [-0.1, -0.05) is 6.07 Å². The molecule has 3 amide bonds. The van der Waals surface area contributed by atoms with Crippen LogP contribution in [0.15, 0.2) is 48.8 Å². The second-order valence-electron chi connectivity index (χ2n) is 5.92. The maximum atomic E-state index is 12.6. The Morgan fingerprint density at radius 1 is 1.16 bits per heavy atom. The molecule has 25 heavy (non-hydrogen) atoms. The maximum absolute atomic E-state index is 12.6. The van der Waals surface area contributed by atoms with E-state index in [1.165, 1.54) is 6.07 Å². The van der Waals surface area contributed by atoms with Crippen molar-refractivity contribution < 1.29 is 14.4 Å². The van der Waals surface area contributed by atoms with E-state index in [1.807, 2.05) is 12.1 Å². The molecule has 1 aromatic heterocycles. The number of benzene rings is 1. The van der Waals surface area contributed by atoms with Gasteiger partial charge in [0.25, 0.3) is 0 Å². The van der Waals surface area contributed by atoms with E-state index in [2.05, 4.69) is 10.3 Å². The lowest BCUT2D eigenvalue weighted by molar-refractivity contribution is -0.144. The lowest BCUT2D eigenvalue weighted by Crippen LogP contribution is -2.40. The first-order valence-corrected chi connectivity index (χ1v) is 7.95. The molecule has 0 unspecified atom stereocenters. The van der Waals surface area contributed by atoms with Crippen LogP contribution >= 0.6 is 0 Å². The molecule has 2 aromatic rings. The SMILES string of the molecule is NC(=O)c1cccc(NC(=O)C(=O)N(Cc2ccncc2)C2CC2)c1. The predicted octanol–water partition coefficient (Wildman–Crippen LogP) is 1.31. The maximum Gasteiger partial charge on any atom is 0.313 e. The Hall–Kier alpha value is -3.22. The molecule has 0 atom stereocenters. The molecule has 3 rings (SSSR count). The van der Waals surface area contributed by atoms with Gasteiger partial charge in [0.2, 0.25) is 5.91 Å². The van der Waals surface area contributed by atoms with E-state index in [9.17, 15) is 14.4 Å². The summed E-state index contributed by atoms with van der Waals surface area (Å²) >= 11 is 0. The normalized spacial score (nSPS) is 13.1. The second kappa shape index (κ2) is 7.12. The molecule has 1 fully saturated rings. The average molecular weight is 338 g/mol. The Morgan fingerprint density at radius 2 is 1.88 bits per heavy atom. The molecule has 1 saturated carbocycles. The fourth-order valence-electron chi connectivity index (χ4n) is 2.50. The largest absolute Gasteiger partial charge is 0.366 e. The summed E-state index contributed by atoms with van der Waals surface area (Å²) in [6, 6.07) is 9.90. The molecule has 0 radical (unpaired) electrons. The first-order valence-electron chi connectivity index (χ1n) is 7.95. The van der Waals surface area contributed by atoms with Crippen molar-refractivity contribution in [3.63, 3.8) is 0 Å². The highest BCUT2D eigenvalue weighted by atomic mass is 16.2. The second-order valence-corrected chi connectivity index (χ2v) is 5.92. The smallest absolute Gasteiger partial charge is 0.313 e. The number of carbonyl (C=O) groups is 3. The van der Waals surface area contributed by atoms with Crippen molar-refractivity contribution >= 4 is 23.4 Å². The first kappa shape index (κ1) is 16.6. The quantitative estimate of drug-likeness (QED) is 0.802. The van der Waals surface area contributed by atoms with Gasteiger partial charge in [-0.3, -0.25) is 19.4 Å². The summed E-state index contributed by atoms with van der Waals surface area (Å²) in [5.74, 6) is -1.92. The fourth-order valence-corrected chi connectivity index (χ4v) is 2.50. The van der Waals surface area contributed by atoms with Crippen molar-refractivity contribution in [3.8, 4) is 0 Å². The van der Waals surface area contributed by atoms with Gasteiger partial charge in [-0.25, -0.2) is 0 Å². The molecular weight excluding hydrogens is 320 g/mol. The van der Waals surface area contributed by atoms with Crippen molar-refractivity contribution in [1.82, 2.24) is 9.88 Å². The molecule has 1 aromatic carbocycles. The van der Waals surface area contributed by atoms with E-state index in [0.29, 0.717) is 12.2 Å². The Kier molecular flexibility index (Phi) is 4.74. The highest BCUT2D eigenvalue weighted by Crippen LogP contribution is 2.28. The van der Waals surface area contributed by atoms with Gasteiger partial charge in [0.15, 0.2) is 0 Å². The lowest BCUT2D eigenvalue weighted by Gasteiger charge is -2.21. The van der Waals surface area contributed by atoms with Crippen LogP contribution in [-0.2, 0) is 16.1 Å². The van der Waals surface area contributed by atoms with Gasteiger partial charge in [-0.05, 0) is 48.7 Å². The van der Waals surface area contributed by atoms with Crippen molar-refractivity contribution in [2.24, 2.45) is 5.73 Å². The molecule has 0 aliphatic heterocycles. The summed E-state index contributed by atoms with van der Waals surface area (Å²) in [6.07, 6.45) is 5.09. The summed E-state index contributed by atoms with van der Waals surface area (Å²) in [5.41, 5.74) is 6.76. The summed E-state index contributed by atoms with van der Waals surface area (Å²) in [7, 11) is 0. The summed E-state index contributed by atoms with van der Waals surface area (Å²) in [4.78, 5) is 41.6. The number of amides is 3. The molecule has 3 N–H and O–H groups in total. The zero-order valence-electron chi connectivity index (χ0n) is 13.5.